The number of amides is 1. The molecule has 1 saturated carbocycles. The Balaban J connectivity index is 1.60. The van der Waals surface area contributed by atoms with Gasteiger partial charge in [-0.25, -0.2) is 4.98 Å². The van der Waals surface area contributed by atoms with Gasteiger partial charge in [-0.2, -0.15) is 0 Å². The zero-order valence-electron chi connectivity index (χ0n) is 11.2. The van der Waals surface area contributed by atoms with E-state index in [1.165, 1.54) is 30.6 Å². The average Bonchev–Trinajstić information content (AvgIpc) is 3.08. The molecule has 2 atom stereocenters. The Kier molecular flexibility index (Phi) is 2.70. The molecule has 2 fully saturated rings. The van der Waals surface area contributed by atoms with E-state index in [0.717, 1.165) is 40.7 Å². The lowest BCUT2D eigenvalue weighted by Crippen LogP contribution is -2.29. The summed E-state index contributed by atoms with van der Waals surface area (Å²) in [7, 11) is 0. The largest absolute Gasteiger partial charge is 0.375 e. The molecule has 4 rings (SSSR count). The fourth-order valence-corrected chi connectivity index (χ4v) is 4.43. The standard InChI is InChI=1S/C15H17N3OS/c16-15-17-12-5-4-9(6-13(12)20-15)14(19)18-7-10-2-1-3-11(10)8-18/h4-6,10-11H,1-3,7-8H2,(H2,16,17). The minimum atomic E-state index is 0.160. The van der Waals surface area contributed by atoms with E-state index in [2.05, 4.69) is 4.98 Å². The van der Waals surface area contributed by atoms with Crippen molar-refractivity contribution in [2.24, 2.45) is 11.8 Å². The summed E-state index contributed by atoms with van der Waals surface area (Å²) in [6.45, 7) is 1.87. The fourth-order valence-electron chi connectivity index (χ4n) is 3.66. The maximum absolute atomic E-state index is 12.6. The molecule has 1 aliphatic carbocycles. The van der Waals surface area contributed by atoms with Crippen molar-refractivity contribution in [1.29, 1.82) is 0 Å². The molecular formula is C15H17N3OS. The van der Waals surface area contributed by atoms with Crippen LogP contribution in [0.1, 0.15) is 29.6 Å². The molecular weight excluding hydrogens is 270 g/mol. The number of nitrogens with zero attached hydrogens (tertiary/aromatic N) is 2. The van der Waals surface area contributed by atoms with Gasteiger partial charge in [0.25, 0.3) is 5.91 Å². The molecule has 1 aromatic heterocycles. The van der Waals surface area contributed by atoms with Crippen molar-refractivity contribution < 1.29 is 4.79 Å². The Morgan fingerprint density at radius 3 is 2.80 bits per heavy atom. The molecule has 2 aliphatic rings. The second-order valence-electron chi connectivity index (χ2n) is 5.90. The van der Waals surface area contributed by atoms with Crippen molar-refractivity contribution in [2.75, 3.05) is 18.8 Å². The molecule has 2 aromatic rings. The van der Waals surface area contributed by atoms with Gasteiger partial charge in [-0.15, -0.1) is 0 Å². The number of aromatic nitrogens is 1. The second kappa shape index (κ2) is 4.45. The summed E-state index contributed by atoms with van der Waals surface area (Å²) in [5.41, 5.74) is 7.36. The highest BCUT2D eigenvalue weighted by Crippen LogP contribution is 2.38. The number of likely N-dealkylation sites (tertiary alicyclic amines) is 1. The minimum Gasteiger partial charge on any atom is -0.375 e. The number of thiazole rings is 1. The molecule has 0 spiro atoms. The van der Waals surface area contributed by atoms with Gasteiger partial charge in [-0.1, -0.05) is 17.8 Å². The van der Waals surface area contributed by atoms with Crippen LogP contribution >= 0.6 is 11.3 Å². The third kappa shape index (κ3) is 1.88. The molecule has 2 unspecified atom stereocenters. The van der Waals surface area contributed by atoms with E-state index in [1.54, 1.807) is 0 Å². The van der Waals surface area contributed by atoms with Crippen LogP contribution in [0.25, 0.3) is 10.2 Å². The minimum absolute atomic E-state index is 0.160. The predicted molar refractivity (Wildman–Crippen MR) is 80.8 cm³/mol. The van der Waals surface area contributed by atoms with Crippen LogP contribution in [0.2, 0.25) is 0 Å². The van der Waals surface area contributed by atoms with Crippen LogP contribution < -0.4 is 5.73 Å². The maximum atomic E-state index is 12.6. The molecule has 20 heavy (non-hydrogen) atoms. The summed E-state index contributed by atoms with van der Waals surface area (Å²) >= 11 is 1.44. The van der Waals surface area contributed by atoms with Crippen molar-refractivity contribution in [2.45, 2.75) is 19.3 Å². The van der Waals surface area contributed by atoms with Crippen molar-refractivity contribution in [3.05, 3.63) is 23.8 Å². The summed E-state index contributed by atoms with van der Waals surface area (Å²) in [6, 6.07) is 5.70. The van der Waals surface area contributed by atoms with Gasteiger partial charge < -0.3 is 10.6 Å². The molecule has 2 heterocycles. The van der Waals surface area contributed by atoms with Gasteiger partial charge >= 0.3 is 0 Å². The van der Waals surface area contributed by atoms with Crippen LogP contribution in [0.4, 0.5) is 5.13 Å². The molecule has 1 amide bonds. The van der Waals surface area contributed by atoms with Gasteiger partial charge in [0.2, 0.25) is 0 Å². The number of carbonyl (C=O) groups is 1. The van der Waals surface area contributed by atoms with Crippen molar-refractivity contribution in [3.8, 4) is 0 Å². The zero-order chi connectivity index (χ0) is 13.7. The molecule has 1 aromatic carbocycles. The van der Waals surface area contributed by atoms with Gasteiger partial charge in [0, 0.05) is 18.7 Å². The van der Waals surface area contributed by atoms with Crippen LogP contribution in [0.15, 0.2) is 18.2 Å². The number of fused-ring (bicyclic) bond motifs is 2. The number of anilines is 1. The van der Waals surface area contributed by atoms with E-state index in [9.17, 15) is 4.79 Å². The second-order valence-corrected chi connectivity index (χ2v) is 6.96. The van der Waals surface area contributed by atoms with Crippen LogP contribution in [0, 0.1) is 11.8 Å². The van der Waals surface area contributed by atoms with E-state index < -0.39 is 0 Å². The molecule has 4 nitrogen and oxygen atoms in total. The Bertz CT molecular complexity index is 669. The maximum Gasteiger partial charge on any atom is 0.253 e. The monoisotopic (exact) mass is 287 g/mol. The molecule has 2 N–H and O–H groups in total. The number of hydrogen-bond acceptors (Lipinski definition) is 4. The normalized spacial score (nSPS) is 25.3. The highest BCUT2D eigenvalue weighted by molar-refractivity contribution is 7.22. The van der Waals surface area contributed by atoms with E-state index in [-0.39, 0.29) is 5.91 Å². The van der Waals surface area contributed by atoms with Crippen LogP contribution in [-0.2, 0) is 0 Å². The summed E-state index contributed by atoms with van der Waals surface area (Å²) in [5.74, 6) is 1.64. The molecule has 1 saturated heterocycles. The lowest BCUT2D eigenvalue weighted by Gasteiger charge is -2.17. The Morgan fingerprint density at radius 2 is 2.05 bits per heavy atom. The van der Waals surface area contributed by atoms with Gasteiger partial charge in [0.15, 0.2) is 5.13 Å². The van der Waals surface area contributed by atoms with Crippen molar-refractivity contribution >= 4 is 32.6 Å². The first-order chi connectivity index (χ1) is 9.70. The fraction of sp³-hybridized carbons (Fsp3) is 0.467. The van der Waals surface area contributed by atoms with E-state index in [4.69, 9.17) is 5.73 Å². The lowest BCUT2D eigenvalue weighted by atomic mass is 10.0. The van der Waals surface area contributed by atoms with Crippen LogP contribution in [0.5, 0.6) is 0 Å². The SMILES string of the molecule is Nc1nc2ccc(C(=O)N3CC4CCCC4C3)cc2s1. The van der Waals surface area contributed by atoms with Gasteiger partial charge in [0.1, 0.15) is 0 Å². The van der Waals surface area contributed by atoms with Crippen LogP contribution in [-0.4, -0.2) is 28.9 Å². The van der Waals surface area contributed by atoms with E-state index in [0.29, 0.717) is 5.13 Å². The van der Waals surface area contributed by atoms with Crippen LogP contribution in [0.3, 0.4) is 0 Å². The van der Waals surface area contributed by atoms with E-state index in [1.807, 2.05) is 23.1 Å². The highest BCUT2D eigenvalue weighted by Gasteiger charge is 2.38. The number of benzene rings is 1. The topological polar surface area (TPSA) is 59.2 Å². The molecule has 104 valence electrons. The number of nitrogens with two attached hydrogens (primary N) is 1. The lowest BCUT2D eigenvalue weighted by molar-refractivity contribution is 0.0781. The summed E-state index contributed by atoms with van der Waals surface area (Å²) in [6.07, 6.45) is 3.92. The van der Waals surface area contributed by atoms with Gasteiger partial charge in [-0.05, 0) is 42.9 Å². The first kappa shape index (κ1) is 12.1. The van der Waals surface area contributed by atoms with E-state index >= 15 is 0 Å². The smallest absolute Gasteiger partial charge is 0.253 e. The molecule has 0 bridgehead atoms. The summed E-state index contributed by atoms with van der Waals surface area (Å²) in [5, 5.41) is 0.556. The number of carbonyl (C=O) groups excluding carboxylic acids is 1. The molecule has 0 radical (unpaired) electrons. The van der Waals surface area contributed by atoms with Gasteiger partial charge in [-0.3, -0.25) is 4.79 Å². The molecule has 5 heteroatoms. The third-order valence-electron chi connectivity index (χ3n) is 4.67. The quantitative estimate of drug-likeness (QED) is 0.877. The Labute approximate surface area is 121 Å². The number of hydrogen-bond donors (Lipinski definition) is 1. The Hall–Kier alpha value is -1.62. The third-order valence-corrected chi connectivity index (χ3v) is 5.51. The first-order valence-electron chi connectivity index (χ1n) is 7.16. The van der Waals surface area contributed by atoms with Gasteiger partial charge in [0.05, 0.1) is 10.2 Å². The highest BCUT2D eigenvalue weighted by atomic mass is 32.1. The Morgan fingerprint density at radius 1 is 1.30 bits per heavy atom. The number of nitrogen functional groups attached to an aromatic ring is 1. The summed E-state index contributed by atoms with van der Waals surface area (Å²) < 4.78 is 0.993. The first-order valence-corrected chi connectivity index (χ1v) is 7.98. The molecule has 1 aliphatic heterocycles. The van der Waals surface area contributed by atoms with Crippen molar-refractivity contribution in [1.82, 2.24) is 9.88 Å². The predicted octanol–water partition coefficient (Wildman–Crippen LogP) is 2.75. The zero-order valence-corrected chi connectivity index (χ0v) is 12.0. The van der Waals surface area contributed by atoms with Crippen molar-refractivity contribution in [3.63, 3.8) is 0 Å². The number of rotatable bonds is 1. The summed E-state index contributed by atoms with van der Waals surface area (Å²) in [4.78, 5) is 18.9. The average molecular weight is 287 g/mol.